The third kappa shape index (κ3) is 2.41. The van der Waals surface area contributed by atoms with Crippen molar-refractivity contribution in [3.05, 3.63) is 6.07 Å². The summed E-state index contributed by atoms with van der Waals surface area (Å²) < 4.78 is 10.3. The fraction of sp³-hybridized carbons (Fsp3) is 0.636. The van der Waals surface area contributed by atoms with Gasteiger partial charge in [0.05, 0.1) is 26.3 Å². The predicted molar refractivity (Wildman–Crippen MR) is 64.8 cm³/mol. The highest BCUT2D eigenvalue weighted by molar-refractivity contribution is 5.38. The van der Waals surface area contributed by atoms with Crippen LogP contribution in [0, 0.1) is 0 Å². The molecule has 1 N–H and O–H groups in total. The van der Waals surface area contributed by atoms with Crippen LogP contribution < -0.4 is 19.7 Å². The number of methoxy groups -OCH3 is 2. The van der Waals surface area contributed by atoms with Gasteiger partial charge in [0.25, 0.3) is 0 Å². The zero-order valence-electron chi connectivity index (χ0n) is 10.4. The number of anilines is 1. The third-order valence-electron chi connectivity index (χ3n) is 2.88. The van der Waals surface area contributed by atoms with Crippen molar-refractivity contribution in [3.8, 4) is 11.8 Å². The van der Waals surface area contributed by atoms with E-state index < -0.39 is 0 Å². The number of aromatic nitrogens is 2. The molecule has 0 radical (unpaired) electrons. The Kier molecular flexibility index (Phi) is 3.63. The van der Waals surface area contributed by atoms with E-state index in [1.54, 1.807) is 20.3 Å². The van der Waals surface area contributed by atoms with Gasteiger partial charge >= 0.3 is 0 Å². The molecular formula is C11H18N4O2. The van der Waals surface area contributed by atoms with Crippen LogP contribution in [0.2, 0.25) is 0 Å². The van der Waals surface area contributed by atoms with Crippen LogP contribution in [0.15, 0.2) is 6.07 Å². The molecule has 0 spiro atoms. The first kappa shape index (κ1) is 11.9. The molecule has 0 aromatic carbocycles. The van der Waals surface area contributed by atoms with Crippen LogP contribution in [-0.4, -0.2) is 49.9 Å². The van der Waals surface area contributed by atoms with Gasteiger partial charge in [-0.25, -0.2) is 0 Å². The lowest BCUT2D eigenvalue weighted by Crippen LogP contribution is -2.57. The van der Waals surface area contributed by atoms with Crippen molar-refractivity contribution in [2.75, 3.05) is 38.8 Å². The van der Waals surface area contributed by atoms with Crippen LogP contribution in [0.3, 0.4) is 0 Å². The maximum absolute atomic E-state index is 5.15. The van der Waals surface area contributed by atoms with Crippen LogP contribution in [0.1, 0.15) is 6.92 Å². The molecule has 1 aliphatic heterocycles. The van der Waals surface area contributed by atoms with E-state index in [0.717, 1.165) is 19.6 Å². The van der Waals surface area contributed by atoms with Crippen molar-refractivity contribution in [1.29, 1.82) is 0 Å². The highest BCUT2D eigenvalue weighted by Gasteiger charge is 2.26. The fourth-order valence-corrected chi connectivity index (χ4v) is 1.79. The fourth-order valence-electron chi connectivity index (χ4n) is 1.79. The van der Waals surface area contributed by atoms with E-state index in [4.69, 9.17) is 9.47 Å². The lowest BCUT2D eigenvalue weighted by Gasteiger charge is -2.37. The lowest BCUT2D eigenvalue weighted by molar-refractivity contribution is 0.365. The third-order valence-corrected chi connectivity index (χ3v) is 2.88. The summed E-state index contributed by atoms with van der Waals surface area (Å²) in [4.78, 5) is 10.9. The molecule has 17 heavy (non-hydrogen) atoms. The topological polar surface area (TPSA) is 59.5 Å². The van der Waals surface area contributed by atoms with Gasteiger partial charge in [-0.15, -0.1) is 0 Å². The van der Waals surface area contributed by atoms with E-state index in [0.29, 0.717) is 23.8 Å². The number of rotatable bonds is 5. The maximum atomic E-state index is 5.15. The molecule has 0 amide bonds. The second-order valence-electron chi connectivity index (χ2n) is 3.85. The van der Waals surface area contributed by atoms with E-state index in [-0.39, 0.29) is 0 Å². The molecule has 0 saturated carbocycles. The normalized spacial score (nSPS) is 15.2. The van der Waals surface area contributed by atoms with Gasteiger partial charge in [0.1, 0.15) is 0 Å². The average Bonchev–Trinajstić information content (AvgIpc) is 2.32. The summed E-state index contributed by atoms with van der Waals surface area (Å²) in [6.07, 6.45) is 0. The van der Waals surface area contributed by atoms with Gasteiger partial charge in [0.15, 0.2) is 0 Å². The van der Waals surface area contributed by atoms with Gasteiger partial charge in [-0.2, -0.15) is 9.97 Å². The molecule has 2 rings (SSSR count). The van der Waals surface area contributed by atoms with Crippen molar-refractivity contribution in [2.45, 2.75) is 13.0 Å². The van der Waals surface area contributed by atoms with Crippen LogP contribution in [0.5, 0.6) is 11.8 Å². The van der Waals surface area contributed by atoms with Gasteiger partial charge in [0, 0.05) is 19.6 Å². The highest BCUT2D eigenvalue weighted by Crippen LogP contribution is 2.22. The Hall–Kier alpha value is -1.56. The monoisotopic (exact) mass is 238 g/mol. The van der Waals surface area contributed by atoms with Crippen LogP contribution in [0.4, 0.5) is 5.95 Å². The van der Waals surface area contributed by atoms with E-state index in [1.807, 2.05) is 0 Å². The molecule has 6 heteroatoms. The minimum Gasteiger partial charge on any atom is -0.481 e. The van der Waals surface area contributed by atoms with Gasteiger partial charge in [-0.3, -0.25) is 0 Å². The van der Waals surface area contributed by atoms with E-state index in [9.17, 15) is 0 Å². The summed E-state index contributed by atoms with van der Waals surface area (Å²) in [7, 11) is 3.18. The molecule has 1 aromatic heterocycles. The summed E-state index contributed by atoms with van der Waals surface area (Å²) in [5.74, 6) is 1.71. The first-order chi connectivity index (χ1) is 8.28. The molecule has 1 saturated heterocycles. The summed E-state index contributed by atoms with van der Waals surface area (Å²) in [6, 6.07) is 2.13. The number of likely N-dealkylation sites (N-methyl/N-ethyl adjacent to an activating group) is 1. The summed E-state index contributed by atoms with van der Waals surface area (Å²) in [5, 5.41) is 3.24. The highest BCUT2D eigenvalue weighted by atomic mass is 16.5. The molecule has 1 aliphatic rings. The molecule has 1 aromatic rings. The minimum absolute atomic E-state index is 0.455. The van der Waals surface area contributed by atoms with E-state index in [2.05, 4.69) is 27.1 Å². The minimum atomic E-state index is 0.455. The van der Waals surface area contributed by atoms with Crippen molar-refractivity contribution in [2.24, 2.45) is 0 Å². The Morgan fingerprint density at radius 2 is 1.88 bits per heavy atom. The summed E-state index contributed by atoms with van der Waals surface area (Å²) in [6.45, 7) is 4.89. The van der Waals surface area contributed by atoms with E-state index in [1.165, 1.54) is 0 Å². The predicted octanol–water partition coefficient (Wildman–Crippen LogP) is 0.292. The largest absolute Gasteiger partial charge is 0.481 e. The van der Waals surface area contributed by atoms with Crippen molar-refractivity contribution in [1.82, 2.24) is 15.3 Å². The first-order valence-corrected chi connectivity index (χ1v) is 5.73. The smallest absolute Gasteiger partial charge is 0.232 e. The molecule has 94 valence electrons. The number of nitrogens with zero attached hydrogens (tertiary/aromatic N) is 3. The molecule has 0 bridgehead atoms. The van der Waals surface area contributed by atoms with Gasteiger partial charge in [-0.05, 0) is 6.92 Å². The second kappa shape index (κ2) is 5.18. The molecule has 2 heterocycles. The molecule has 0 aliphatic carbocycles. The average molecular weight is 238 g/mol. The van der Waals surface area contributed by atoms with Crippen LogP contribution in [-0.2, 0) is 0 Å². The number of hydrogen-bond donors (Lipinski definition) is 1. The lowest BCUT2D eigenvalue weighted by atomic mass is 10.1. The van der Waals surface area contributed by atoms with Crippen molar-refractivity contribution < 1.29 is 9.47 Å². The van der Waals surface area contributed by atoms with Gasteiger partial charge in [-0.1, -0.05) is 0 Å². The second-order valence-corrected chi connectivity index (χ2v) is 3.85. The van der Waals surface area contributed by atoms with E-state index >= 15 is 0 Å². The van der Waals surface area contributed by atoms with Crippen LogP contribution >= 0.6 is 0 Å². The van der Waals surface area contributed by atoms with Crippen LogP contribution in [0.25, 0.3) is 0 Å². The van der Waals surface area contributed by atoms with Gasteiger partial charge < -0.3 is 19.7 Å². The Morgan fingerprint density at radius 1 is 1.29 bits per heavy atom. The molecule has 0 unspecified atom stereocenters. The standard InChI is InChI=1S/C11H18N4O2/c1-4-15(8-6-12-7-8)11-13-9(16-2)5-10(14-11)17-3/h5,8,12H,4,6-7H2,1-3H3. The molecule has 0 atom stereocenters. The van der Waals surface area contributed by atoms with Crippen molar-refractivity contribution in [3.63, 3.8) is 0 Å². The zero-order chi connectivity index (χ0) is 12.3. The number of hydrogen-bond acceptors (Lipinski definition) is 6. The Labute approximate surface area is 101 Å². The number of ether oxygens (including phenoxy) is 2. The SMILES string of the molecule is CCN(c1nc(OC)cc(OC)n1)C1CNC1. The summed E-state index contributed by atoms with van der Waals surface area (Å²) >= 11 is 0. The first-order valence-electron chi connectivity index (χ1n) is 5.73. The van der Waals surface area contributed by atoms with Crippen molar-refractivity contribution >= 4 is 5.95 Å². The van der Waals surface area contributed by atoms with Gasteiger partial charge in [0.2, 0.25) is 17.7 Å². The summed E-state index contributed by atoms with van der Waals surface area (Å²) in [5.41, 5.74) is 0. The Balaban J connectivity index is 2.27. The Bertz CT molecular complexity index is 359. The zero-order valence-corrected chi connectivity index (χ0v) is 10.4. The molecule has 6 nitrogen and oxygen atoms in total. The molecule has 1 fully saturated rings. The molecular weight excluding hydrogens is 220 g/mol. The number of nitrogens with one attached hydrogen (secondary N) is 1. The Morgan fingerprint density at radius 3 is 2.24 bits per heavy atom. The maximum Gasteiger partial charge on any atom is 0.232 e. The quantitative estimate of drug-likeness (QED) is 0.795.